The van der Waals surface area contributed by atoms with Gasteiger partial charge in [-0.1, -0.05) is 31.5 Å². The van der Waals surface area contributed by atoms with Gasteiger partial charge in [0.25, 0.3) is 5.91 Å². The number of hydrogen-bond donors (Lipinski definition) is 1. The van der Waals surface area contributed by atoms with Crippen molar-refractivity contribution < 1.29 is 9.18 Å². The summed E-state index contributed by atoms with van der Waals surface area (Å²) in [7, 11) is 2.02. The molecule has 0 aliphatic heterocycles. The van der Waals surface area contributed by atoms with Crippen LogP contribution in [0.1, 0.15) is 71.4 Å². The first-order valence-corrected chi connectivity index (χ1v) is 11.2. The van der Waals surface area contributed by atoms with Gasteiger partial charge in [-0.2, -0.15) is 0 Å². The fourth-order valence-corrected chi connectivity index (χ4v) is 3.24. The normalized spacial score (nSPS) is 12.8. The monoisotopic (exact) mass is 459 g/mol. The predicted octanol–water partition coefficient (Wildman–Crippen LogP) is 6.80. The van der Waals surface area contributed by atoms with Crippen LogP contribution in [0.15, 0.2) is 36.4 Å². The summed E-state index contributed by atoms with van der Waals surface area (Å²) in [5.41, 5.74) is 2.73. The predicted molar refractivity (Wildman–Crippen MR) is 132 cm³/mol. The second-order valence-electron chi connectivity index (χ2n) is 10.5. The Labute approximate surface area is 196 Å². The molecule has 2 aromatic rings. The number of amides is 1. The van der Waals surface area contributed by atoms with E-state index in [2.05, 4.69) is 50.9 Å². The van der Waals surface area contributed by atoms with Crippen molar-refractivity contribution in [3.05, 3.63) is 58.5 Å². The van der Waals surface area contributed by atoms with Crippen LogP contribution in [0.5, 0.6) is 0 Å². The lowest BCUT2D eigenvalue weighted by Crippen LogP contribution is -2.40. The number of aromatic nitrogens is 1. The Morgan fingerprint density at radius 3 is 2.25 bits per heavy atom. The van der Waals surface area contributed by atoms with E-state index >= 15 is 0 Å². The van der Waals surface area contributed by atoms with E-state index in [1.807, 2.05) is 33.9 Å². The molecule has 2 rings (SSSR count). The largest absolute Gasteiger partial charge is 0.368 e. The summed E-state index contributed by atoms with van der Waals surface area (Å²) >= 11 is 6.03. The third kappa shape index (κ3) is 6.80. The Hall–Kier alpha value is -2.40. The summed E-state index contributed by atoms with van der Waals surface area (Å²) in [5.74, 6) is -0.421. The maximum absolute atomic E-state index is 13.8. The summed E-state index contributed by atoms with van der Waals surface area (Å²) in [6, 6.07) is 8.00. The first-order valence-electron chi connectivity index (χ1n) is 10.8. The lowest BCUT2D eigenvalue weighted by molar-refractivity contribution is 0.0919. The third-order valence-electron chi connectivity index (χ3n) is 4.91. The van der Waals surface area contributed by atoms with E-state index < -0.39 is 11.4 Å². The Morgan fingerprint density at radius 2 is 1.75 bits per heavy atom. The van der Waals surface area contributed by atoms with Crippen molar-refractivity contribution in [2.24, 2.45) is 5.92 Å². The Kier molecular flexibility index (Phi) is 7.77. The van der Waals surface area contributed by atoms with Gasteiger partial charge in [-0.25, -0.2) is 9.37 Å². The van der Waals surface area contributed by atoms with Crippen molar-refractivity contribution >= 4 is 23.2 Å². The van der Waals surface area contributed by atoms with Gasteiger partial charge in [-0.3, -0.25) is 4.79 Å². The molecule has 0 saturated heterocycles. The van der Waals surface area contributed by atoms with Crippen LogP contribution in [-0.4, -0.2) is 33.9 Å². The zero-order chi connectivity index (χ0) is 24.4. The van der Waals surface area contributed by atoms with Crippen molar-refractivity contribution in [3.63, 3.8) is 0 Å². The van der Waals surface area contributed by atoms with Crippen molar-refractivity contribution in [3.8, 4) is 11.3 Å². The number of allylic oxidation sites excluding steroid dienone is 1. The number of rotatable bonds is 5. The standard InChI is InChI=1S/C26H35ClFN3O/c1-16(2)12-23(31(9)26(6,7)8)22-15-18(24(32)30-25(3,4)5)14-21(29-22)17-10-11-20(28)19(27)13-17/h10-16H,1-9H3,(H,30,32)/b23-12-. The fraction of sp³-hybridized carbons (Fsp3) is 0.462. The minimum absolute atomic E-state index is 0.0140. The number of benzene rings is 1. The van der Waals surface area contributed by atoms with Crippen molar-refractivity contribution in [2.45, 2.75) is 66.5 Å². The maximum Gasteiger partial charge on any atom is 0.251 e. The topological polar surface area (TPSA) is 45.2 Å². The number of nitrogens with zero attached hydrogens (tertiary/aromatic N) is 2. The molecule has 0 unspecified atom stereocenters. The summed E-state index contributed by atoms with van der Waals surface area (Å²) in [6.07, 6.45) is 2.14. The summed E-state index contributed by atoms with van der Waals surface area (Å²) in [4.78, 5) is 20.1. The fourth-order valence-electron chi connectivity index (χ4n) is 3.06. The summed E-state index contributed by atoms with van der Waals surface area (Å²) in [5, 5.41) is 3.03. The molecule has 174 valence electrons. The Morgan fingerprint density at radius 1 is 1.12 bits per heavy atom. The smallest absolute Gasteiger partial charge is 0.251 e. The highest BCUT2D eigenvalue weighted by molar-refractivity contribution is 6.31. The highest BCUT2D eigenvalue weighted by Crippen LogP contribution is 2.30. The molecule has 0 bridgehead atoms. The summed E-state index contributed by atoms with van der Waals surface area (Å²) in [6.45, 7) is 16.4. The second kappa shape index (κ2) is 9.62. The molecule has 1 heterocycles. The quantitative estimate of drug-likeness (QED) is 0.534. The molecule has 6 heteroatoms. The zero-order valence-electron chi connectivity index (χ0n) is 20.6. The van der Waals surface area contributed by atoms with Gasteiger partial charge in [-0.05, 0) is 77.8 Å². The molecule has 4 nitrogen and oxygen atoms in total. The number of nitrogens with one attached hydrogen (secondary N) is 1. The van der Waals surface area contributed by atoms with Gasteiger partial charge in [0.05, 0.1) is 22.1 Å². The van der Waals surface area contributed by atoms with Crippen LogP contribution in [0.2, 0.25) is 5.02 Å². The number of halogens is 2. The molecule has 1 amide bonds. The van der Waals surface area contributed by atoms with Gasteiger partial charge in [0.1, 0.15) is 5.82 Å². The van der Waals surface area contributed by atoms with E-state index in [-0.39, 0.29) is 22.4 Å². The maximum atomic E-state index is 13.8. The number of carbonyl (C=O) groups is 1. The third-order valence-corrected chi connectivity index (χ3v) is 5.20. The summed E-state index contributed by atoms with van der Waals surface area (Å²) < 4.78 is 13.8. The first-order chi connectivity index (χ1) is 14.6. The van der Waals surface area contributed by atoms with Crippen LogP contribution in [0, 0.1) is 11.7 Å². The number of hydrogen-bond acceptors (Lipinski definition) is 3. The molecule has 0 aliphatic carbocycles. The van der Waals surface area contributed by atoms with Crippen molar-refractivity contribution in [1.29, 1.82) is 0 Å². The lowest BCUT2D eigenvalue weighted by atomic mass is 10.00. The number of pyridine rings is 1. The van der Waals surface area contributed by atoms with Crippen molar-refractivity contribution in [2.75, 3.05) is 7.05 Å². The molecule has 32 heavy (non-hydrogen) atoms. The molecular formula is C26H35ClFN3O. The van der Waals surface area contributed by atoms with Gasteiger partial charge in [-0.15, -0.1) is 0 Å². The lowest BCUT2D eigenvalue weighted by Gasteiger charge is -2.36. The van der Waals surface area contributed by atoms with Crippen LogP contribution >= 0.6 is 11.6 Å². The van der Waals surface area contributed by atoms with Crippen LogP contribution in [0.25, 0.3) is 17.0 Å². The molecular weight excluding hydrogens is 425 g/mol. The second-order valence-corrected chi connectivity index (χ2v) is 10.9. The average molecular weight is 460 g/mol. The van der Waals surface area contributed by atoms with Crippen molar-refractivity contribution in [1.82, 2.24) is 15.2 Å². The van der Waals surface area contributed by atoms with Crippen LogP contribution in [0.4, 0.5) is 4.39 Å². The van der Waals surface area contributed by atoms with Crippen LogP contribution < -0.4 is 5.32 Å². The van der Waals surface area contributed by atoms with Gasteiger partial charge >= 0.3 is 0 Å². The van der Waals surface area contributed by atoms with E-state index in [4.69, 9.17) is 16.6 Å². The van der Waals surface area contributed by atoms with Crippen LogP contribution in [0.3, 0.4) is 0 Å². The minimum Gasteiger partial charge on any atom is -0.368 e. The molecule has 1 N–H and O–H groups in total. The molecule has 0 saturated carbocycles. The molecule has 0 radical (unpaired) electrons. The molecule has 0 atom stereocenters. The van der Waals surface area contributed by atoms with E-state index in [1.54, 1.807) is 12.1 Å². The van der Waals surface area contributed by atoms with Gasteiger partial charge in [0.15, 0.2) is 0 Å². The first kappa shape index (κ1) is 25.9. The highest BCUT2D eigenvalue weighted by atomic mass is 35.5. The molecule has 0 fully saturated rings. The Balaban J connectivity index is 2.76. The zero-order valence-corrected chi connectivity index (χ0v) is 21.4. The molecule has 0 aliphatic rings. The number of carbonyl (C=O) groups excluding carboxylic acids is 1. The van der Waals surface area contributed by atoms with E-state index in [0.717, 1.165) is 5.70 Å². The van der Waals surface area contributed by atoms with E-state index in [0.29, 0.717) is 22.5 Å². The van der Waals surface area contributed by atoms with Gasteiger partial charge < -0.3 is 10.2 Å². The average Bonchev–Trinajstić information content (AvgIpc) is 2.65. The van der Waals surface area contributed by atoms with E-state index in [9.17, 15) is 9.18 Å². The van der Waals surface area contributed by atoms with Gasteiger partial charge in [0.2, 0.25) is 0 Å². The minimum atomic E-state index is -0.495. The van der Waals surface area contributed by atoms with Gasteiger partial charge in [0, 0.05) is 29.3 Å². The SMILES string of the molecule is CC(C)/C=C(/c1cc(C(=O)NC(C)(C)C)cc(-c2ccc(F)c(Cl)c2)n1)N(C)C(C)(C)C. The Bertz CT molecular complexity index is 1020. The molecule has 1 aromatic heterocycles. The highest BCUT2D eigenvalue weighted by Gasteiger charge is 2.24. The molecule has 1 aromatic carbocycles. The molecule has 0 spiro atoms. The van der Waals surface area contributed by atoms with Crippen LogP contribution in [-0.2, 0) is 0 Å². The van der Waals surface area contributed by atoms with E-state index in [1.165, 1.54) is 12.1 Å².